The number of para-hydroxylation sites is 1. The van der Waals surface area contributed by atoms with Crippen molar-refractivity contribution in [2.24, 2.45) is 0 Å². The normalized spacial score (nSPS) is 12.6. The Labute approximate surface area is 348 Å². The van der Waals surface area contributed by atoms with Gasteiger partial charge in [-0.05, 0) is 76.2 Å². The summed E-state index contributed by atoms with van der Waals surface area (Å²) in [7, 11) is 0. The number of hydrogen-bond donors (Lipinski definition) is 0. The first-order valence-corrected chi connectivity index (χ1v) is 21.1. The van der Waals surface area contributed by atoms with E-state index in [-0.39, 0.29) is 0 Å². The zero-order chi connectivity index (χ0) is 40.2. The second kappa shape index (κ2) is 14.8. The van der Waals surface area contributed by atoms with Crippen molar-refractivity contribution in [1.29, 1.82) is 0 Å². The molecule has 0 saturated heterocycles. The van der Waals surface area contributed by atoms with Gasteiger partial charge in [0, 0.05) is 55.9 Å². The second-order valence-electron chi connectivity index (χ2n) is 15.6. The van der Waals surface area contributed by atoms with Gasteiger partial charge in [-0.15, -0.1) is 0 Å². The molecule has 11 aromatic rings. The van der Waals surface area contributed by atoms with Crippen LogP contribution < -0.4 is 0 Å². The predicted molar refractivity (Wildman–Crippen MR) is 249 cm³/mol. The number of unbranched alkanes of at least 4 members (excludes halogenated alkanes) is 1. The largest absolute Gasteiger partial charge is 0.460 e. The van der Waals surface area contributed by atoms with E-state index in [9.17, 15) is 0 Å². The van der Waals surface area contributed by atoms with Crippen LogP contribution in [0.4, 0.5) is 0 Å². The maximum atomic E-state index is 6.70. The Morgan fingerprint density at radius 3 is 1.77 bits per heavy atom. The second-order valence-corrected chi connectivity index (χ2v) is 15.6. The molecule has 0 N–H and O–H groups in total. The molecule has 0 amide bonds. The van der Waals surface area contributed by atoms with Gasteiger partial charge in [0.15, 0.2) is 17.5 Å². The Morgan fingerprint density at radius 1 is 0.500 bits per heavy atom. The minimum atomic E-state index is 0.627. The monoisotopic (exact) mass is 774 g/mol. The molecule has 60 heavy (non-hydrogen) atoms. The smallest absolute Gasteiger partial charge is 0.164 e. The number of hydrogen-bond acceptors (Lipinski definition) is 4. The number of benzene rings is 8. The molecular formula is C55H42N4O. The molecule has 0 unspecified atom stereocenters. The highest BCUT2D eigenvalue weighted by molar-refractivity contribution is 6.36. The van der Waals surface area contributed by atoms with Crippen LogP contribution in [0, 0.1) is 0 Å². The number of aryl methyl sites for hydroxylation is 1. The van der Waals surface area contributed by atoms with Gasteiger partial charge in [-0.2, -0.15) is 0 Å². The van der Waals surface area contributed by atoms with Gasteiger partial charge in [-0.25, -0.2) is 15.0 Å². The van der Waals surface area contributed by atoms with Gasteiger partial charge in [-0.3, -0.25) is 0 Å². The molecule has 1 aliphatic carbocycles. The number of fused-ring (bicyclic) bond motifs is 6. The number of furan rings is 1. The lowest BCUT2D eigenvalue weighted by atomic mass is 9.84. The molecule has 0 atom stereocenters. The van der Waals surface area contributed by atoms with Gasteiger partial charge >= 0.3 is 0 Å². The Bertz CT molecular complexity index is 3320. The van der Waals surface area contributed by atoms with E-state index in [4.69, 9.17) is 19.4 Å². The topological polar surface area (TPSA) is 56.7 Å². The Hall–Kier alpha value is -7.37. The number of aromatic nitrogens is 4. The summed E-state index contributed by atoms with van der Waals surface area (Å²) in [5.41, 5.74) is 10.8. The maximum Gasteiger partial charge on any atom is 0.164 e. The van der Waals surface area contributed by atoms with E-state index >= 15 is 0 Å². The van der Waals surface area contributed by atoms with Gasteiger partial charge in [0.1, 0.15) is 11.3 Å². The molecular weight excluding hydrogens is 733 g/mol. The van der Waals surface area contributed by atoms with Crippen molar-refractivity contribution in [3.8, 4) is 39.9 Å². The van der Waals surface area contributed by atoms with Gasteiger partial charge in [0.05, 0.1) is 11.0 Å². The summed E-state index contributed by atoms with van der Waals surface area (Å²) in [6, 6.07) is 57.7. The minimum absolute atomic E-state index is 0.627. The highest BCUT2D eigenvalue weighted by Crippen LogP contribution is 2.49. The summed E-state index contributed by atoms with van der Waals surface area (Å²) < 4.78 is 9.12. The fourth-order valence-corrected chi connectivity index (χ4v) is 9.06. The van der Waals surface area contributed by atoms with Crippen LogP contribution in [0.2, 0.25) is 0 Å². The highest BCUT2D eigenvalue weighted by Gasteiger charge is 2.27. The zero-order valence-corrected chi connectivity index (χ0v) is 33.7. The molecule has 3 aromatic heterocycles. The number of nitrogens with zero attached hydrogens (tertiary/aromatic N) is 4. The van der Waals surface area contributed by atoms with Crippen LogP contribution >= 0.6 is 0 Å². The van der Waals surface area contributed by atoms with Crippen LogP contribution in [0.1, 0.15) is 50.0 Å². The van der Waals surface area contributed by atoms with E-state index in [0.29, 0.717) is 17.5 Å². The SMILES string of the molecule is C1=C(c2ccc3c4c2c2ccccc2c2cccc(c24)n3-c2ccccc2)c2c(oc3ccc(-c4nc(-c5ccccc5)nc(-c5ccccc5)n4)cc23)CC1.CCCC. The van der Waals surface area contributed by atoms with E-state index < -0.39 is 0 Å². The summed E-state index contributed by atoms with van der Waals surface area (Å²) in [5.74, 6) is 2.93. The van der Waals surface area contributed by atoms with Gasteiger partial charge in [0.2, 0.25) is 0 Å². The Morgan fingerprint density at radius 2 is 1.08 bits per heavy atom. The third-order valence-electron chi connectivity index (χ3n) is 12.0. The molecule has 5 heteroatoms. The fourth-order valence-electron chi connectivity index (χ4n) is 9.06. The molecule has 0 bridgehead atoms. The molecule has 1 aliphatic rings. The lowest BCUT2D eigenvalue weighted by Crippen LogP contribution is -2.01. The van der Waals surface area contributed by atoms with Crippen molar-refractivity contribution < 1.29 is 4.42 Å². The summed E-state index contributed by atoms with van der Waals surface area (Å²) in [5, 5.41) is 8.74. The van der Waals surface area contributed by atoms with Crippen LogP contribution in [-0.2, 0) is 6.42 Å². The number of allylic oxidation sites excluding steroid dienone is 1. The van der Waals surface area contributed by atoms with Crippen molar-refractivity contribution in [3.05, 3.63) is 187 Å². The molecule has 0 radical (unpaired) electrons. The van der Waals surface area contributed by atoms with Crippen LogP contribution in [0.5, 0.6) is 0 Å². The average Bonchev–Trinajstić information content (AvgIpc) is 3.88. The van der Waals surface area contributed by atoms with Crippen LogP contribution in [0.25, 0.3) is 99.7 Å². The molecule has 8 aromatic carbocycles. The third kappa shape index (κ3) is 5.80. The van der Waals surface area contributed by atoms with Crippen molar-refractivity contribution >= 4 is 59.9 Å². The van der Waals surface area contributed by atoms with Crippen molar-refractivity contribution in [2.75, 3.05) is 0 Å². The van der Waals surface area contributed by atoms with E-state index in [1.165, 1.54) is 67.3 Å². The van der Waals surface area contributed by atoms with Crippen LogP contribution in [0.15, 0.2) is 174 Å². The summed E-state index contributed by atoms with van der Waals surface area (Å²) >= 11 is 0. The van der Waals surface area contributed by atoms with E-state index in [1.54, 1.807) is 0 Å². The van der Waals surface area contributed by atoms with Crippen molar-refractivity contribution in [1.82, 2.24) is 19.5 Å². The maximum absolute atomic E-state index is 6.70. The number of rotatable bonds is 6. The molecule has 12 rings (SSSR count). The molecule has 3 heterocycles. The minimum Gasteiger partial charge on any atom is -0.460 e. The van der Waals surface area contributed by atoms with Gasteiger partial charge in [0.25, 0.3) is 0 Å². The van der Waals surface area contributed by atoms with E-state index in [1.807, 2.05) is 60.7 Å². The fraction of sp³-hybridized carbons (Fsp3) is 0.109. The lowest BCUT2D eigenvalue weighted by Gasteiger charge is -2.18. The zero-order valence-electron chi connectivity index (χ0n) is 33.7. The predicted octanol–water partition coefficient (Wildman–Crippen LogP) is 14.6. The molecule has 0 aliphatic heterocycles. The summed E-state index contributed by atoms with van der Waals surface area (Å²) in [4.78, 5) is 15.1. The van der Waals surface area contributed by atoms with Crippen molar-refractivity contribution in [3.63, 3.8) is 0 Å². The molecule has 5 nitrogen and oxygen atoms in total. The highest BCUT2D eigenvalue weighted by atomic mass is 16.3. The van der Waals surface area contributed by atoms with Gasteiger partial charge < -0.3 is 8.98 Å². The molecule has 0 saturated carbocycles. The first-order valence-electron chi connectivity index (χ1n) is 21.1. The van der Waals surface area contributed by atoms with Gasteiger partial charge in [-0.1, -0.05) is 154 Å². The third-order valence-corrected chi connectivity index (χ3v) is 12.0. The van der Waals surface area contributed by atoms with Crippen molar-refractivity contribution in [2.45, 2.75) is 39.5 Å². The van der Waals surface area contributed by atoms with Crippen LogP contribution in [0.3, 0.4) is 0 Å². The summed E-state index contributed by atoms with van der Waals surface area (Å²) in [6.45, 7) is 4.36. The lowest BCUT2D eigenvalue weighted by molar-refractivity contribution is 0.545. The Kier molecular flexibility index (Phi) is 8.81. The standard InChI is InChI=1S/C51H32N4O.C4H10/c1-4-14-31(15-5-1)49-52-50(32-16-6-2-7-17-32)54-51(53-49)33-26-29-43-40(30-33)45-38(23-13-25-44(45)56-43)39-27-28-42-48-46(39)36-21-11-10-20-35(36)37-22-12-24-41(47(37)48)55(42)34-18-8-3-9-19-34;1-3-4-2/h1-12,14-24,26-30H,13,25H2;3-4H2,1-2H3. The Balaban J connectivity index is 0.000000980. The van der Waals surface area contributed by atoms with Crippen LogP contribution in [-0.4, -0.2) is 19.5 Å². The quantitative estimate of drug-likeness (QED) is 0.158. The first kappa shape index (κ1) is 35.8. The molecule has 288 valence electrons. The molecule has 0 fully saturated rings. The first-order chi connectivity index (χ1) is 29.7. The van der Waals surface area contributed by atoms with E-state index in [0.717, 1.165) is 57.5 Å². The summed E-state index contributed by atoms with van der Waals surface area (Å²) in [6.07, 6.45) is 6.80. The van der Waals surface area contributed by atoms with E-state index in [2.05, 4.69) is 128 Å². The molecule has 0 spiro atoms. The average molecular weight is 775 g/mol.